The van der Waals surface area contributed by atoms with Crippen molar-refractivity contribution in [1.82, 2.24) is 0 Å². The highest BCUT2D eigenvalue weighted by Crippen LogP contribution is 2.44. The normalized spacial score (nSPS) is 14.7. The monoisotopic (exact) mass is 1090 g/mol. The van der Waals surface area contributed by atoms with Gasteiger partial charge in [0, 0.05) is 12.8 Å². The van der Waals surface area contributed by atoms with Crippen LogP contribution in [-0.4, -0.2) is 109 Å². The molecule has 0 fully saturated rings. The van der Waals surface area contributed by atoms with Crippen LogP contribution in [0.4, 0.5) is 70.2 Å². The van der Waals surface area contributed by atoms with Crippen LogP contribution < -0.4 is 4.74 Å². The molecule has 0 aliphatic carbocycles. The van der Waals surface area contributed by atoms with Gasteiger partial charge in [-0.1, -0.05) is 61.2 Å². The van der Waals surface area contributed by atoms with E-state index in [9.17, 15) is 115 Å². The van der Waals surface area contributed by atoms with Crippen LogP contribution in [0.2, 0.25) is 0 Å². The molecule has 0 heterocycles. The number of carbonyl (C=O) groups excluding carboxylic acids is 4. The molecular formula is C36H30F16O16S2-2. The van der Waals surface area contributed by atoms with Crippen LogP contribution in [-0.2, 0) is 69.7 Å². The zero-order valence-electron chi connectivity index (χ0n) is 34.5. The number of alkyl halides is 14. The highest BCUT2D eigenvalue weighted by atomic mass is 32.2. The Kier molecular flexibility index (Phi) is 20.6. The van der Waals surface area contributed by atoms with E-state index >= 15 is 0 Å². The molecule has 2 aromatic carbocycles. The average molecular weight is 1090 g/mol. The summed E-state index contributed by atoms with van der Waals surface area (Å²) in [5.41, 5.74) is 0.694. The highest BCUT2D eigenvalue weighted by Gasteiger charge is 2.70. The summed E-state index contributed by atoms with van der Waals surface area (Å²) in [4.78, 5) is 47.4. The maximum absolute atomic E-state index is 13.8. The van der Waals surface area contributed by atoms with Gasteiger partial charge in [-0.15, -0.1) is 0 Å². The molecule has 0 bridgehead atoms. The summed E-state index contributed by atoms with van der Waals surface area (Å²) in [7, 11) is -13.7. The number of carbonyl (C=O) groups is 4. The van der Waals surface area contributed by atoms with Gasteiger partial charge in [-0.2, -0.15) is 70.2 Å². The van der Waals surface area contributed by atoms with Crippen molar-refractivity contribution in [2.24, 2.45) is 0 Å². The molecule has 2 aromatic rings. The Labute approximate surface area is 382 Å². The van der Waals surface area contributed by atoms with Crippen LogP contribution >= 0.6 is 0 Å². The number of esters is 4. The zero-order valence-corrected chi connectivity index (χ0v) is 36.1. The Morgan fingerprint density at radius 2 is 0.929 bits per heavy atom. The first-order chi connectivity index (χ1) is 31.5. The van der Waals surface area contributed by atoms with Gasteiger partial charge in [0.25, 0.3) is 0 Å². The minimum Gasteiger partial charge on any atom is -0.743 e. The number of hydrogen-bond acceptors (Lipinski definition) is 16. The maximum atomic E-state index is 13.8. The first kappa shape index (κ1) is 62.4. The number of rotatable bonds is 23. The number of hydrogen-bond donors (Lipinski definition) is 0. The average Bonchev–Trinajstić information content (AvgIpc) is 3.21. The molecule has 0 saturated carbocycles. The summed E-state index contributed by atoms with van der Waals surface area (Å²) in [6.45, 7) is 2.00. The predicted molar refractivity (Wildman–Crippen MR) is 193 cm³/mol. The van der Waals surface area contributed by atoms with Gasteiger partial charge < -0.3 is 37.5 Å². The van der Waals surface area contributed by atoms with Gasteiger partial charge in [0.15, 0.2) is 20.2 Å². The third-order valence-corrected chi connectivity index (χ3v) is 9.86. The van der Waals surface area contributed by atoms with Crippen LogP contribution in [0.1, 0.15) is 36.8 Å². The number of halogens is 16. The molecule has 2 unspecified atom stereocenters. The molecule has 0 aliphatic rings. The van der Waals surface area contributed by atoms with Crippen LogP contribution in [0.15, 0.2) is 79.4 Å². The van der Waals surface area contributed by atoms with Crippen LogP contribution in [0.3, 0.4) is 0 Å². The smallest absolute Gasteiger partial charge is 0.468 e. The van der Waals surface area contributed by atoms with E-state index < -0.39 is 153 Å². The second kappa shape index (κ2) is 23.1. The van der Waals surface area contributed by atoms with E-state index in [4.69, 9.17) is 0 Å². The number of aryl methyl sites for hydroxylation is 1. The molecular weight excluding hydrogens is 1060 g/mol. The minimum atomic E-state index is -6.87. The van der Waals surface area contributed by atoms with Crippen molar-refractivity contribution >= 4 is 44.1 Å². The van der Waals surface area contributed by atoms with E-state index in [2.05, 4.69) is 41.6 Å². The molecule has 16 nitrogen and oxygen atoms in total. The zero-order chi connectivity index (χ0) is 54.8. The molecule has 2 atom stereocenters. The van der Waals surface area contributed by atoms with E-state index in [1.54, 1.807) is 6.92 Å². The van der Waals surface area contributed by atoms with E-state index in [0.29, 0.717) is 5.56 Å². The van der Waals surface area contributed by atoms with Crippen molar-refractivity contribution in [2.75, 3.05) is 13.2 Å². The lowest BCUT2D eigenvalue weighted by molar-refractivity contribution is -0.355. The summed E-state index contributed by atoms with van der Waals surface area (Å²) >= 11 is 0. The van der Waals surface area contributed by atoms with E-state index in [0.717, 1.165) is 12.1 Å². The van der Waals surface area contributed by atoms with E-state index in [1.165, 1.54) is 42.5 Å². The Morgan fingerprint density at radius 1 is 0.571 bits per heavy atom. The molecule has 0 aliphatic heterocycles. The lowest BCUT2D eigenvalue weighted by Gasteiger charge is -2.32. The summed E-state index contributed by atoms with van der Waals surface area (Å²) in [5, 5.41) is -12.3. The number of ether oxygens (including phenoxy) is 6. The van der Waals surface area contributed by atoms with Gasteiger partial charge in [0.1, 0.15) is 12.4 Å². The van der Waals surface area contributed by atoms with Gasteiger partial charge in [-0.3, -0.25) is 0 Å². The molecule has 0 N–H and O–H groups in total. The van der Waals surface area contributed by atoms with Crippen LogP contribution in [0.25, 0.3) is 0 Å². The van der Waals surface area contributed by atoms with Crippen LogP contribution in [0, 0.1) is 6.92 Å². The van der Waals surface area contributed by atoms with E-state index in [1.807, 2.05) is 0 Å². The Hall–Kier alpha value is -5.58. The van der Waals surface area contributed by atoms with Crippen molar-refractivity contribution in [1.29, 1.82) is 0 Å². The fourth-order valence-electron chi connectivity index (χ4n) is 4.42. The van der Waals surface area contributed by atoms with Crippen molar-refractivity contribution in [3.63, 3.8) is 0 Å². The molecule has 34 heteroatoms. The molecule has 396 valence electrons. The van der Waals surface area contributed by atoms with Crippen molar-refractivity contribution < 1.29 is 144 Å². The second-order valence-corrected chi connectivity index (χ2v) is 16.2. The van der Waals surface area contributed by atoms with E-state index in [-0.39, 0.29) is 5.56 Å². The van der Waals surface area contributed by atoms with Crippen LogP contribution in [0.5, 0.6) is 5.75 Å². The van der Waals surface area contributed by atoms with Crippen molar-refractivity contribution in [2.45, 2.75) is 85.5 Å². The fourth-order valence-corrected chi connectivity index (χ4v) is 5.35. The molecule has 70 heavy (non-hydrogen) atoms. The SMILES string of the molecule is C=C(F)C(=O)OC(OCCCC(F)(F)C(F)(F)S(=O)(=O)[O-])(C(=O)OCc1ccccc1)C(F)(F)F.C=C(F)C(=O)OC(OCCCC(F)(F)C(F)(F)S(=O)(=O)[O-])(C(=O)Oc1ccc(C)cc1)C(F)(F)F. The van der Waals surface area contributed by atoms with Gasteiger partial charge in [-0.25, -0.2) is 36.0 Å². The van der Waals surface area contributed by atoms with Crippen molar-refractivity contribution in [3.8, 4) is 5.75 Å². The maximum Gasteiger partial charge on any atom is 0.468 e. The molecule has 0 aromatic heterocycles. The molecule has 2 rings (SSSR count). The molecule has 0 radical (unpaired) electrons. The lowest BCUT2D eigenvalue weighted by Crippen LogP contribution is -2.59. The minimum absolute atomic E-state index is 0.124. The predicted octanol–water partition coefficient (Wildman–Crippen LogP) is 7.34. The Balaban J connectivity index is 0.000000700. The van der Waals surface area contributed by atoms with Gasteiger partial charge in [0.2, 0.25) is 11.7 Å². The fraction of sp³-hybridized carbons (Fsp3) is 0.444. The largest absolute Gasteiger partial charge is 0.743 e. The Bertz CT molecular complexity index is 2410. The summed E-state index contributed by atoms with van der Waals surface area (Å²) in [6.07, 6.45) is -19.6. The first-order valence-electron chi connectivity index (χ1n) is 18.0. The quantitative estimate of drug-likeness (QED) is 0.0155. The van der Waals surface area contributed by atoms with Crippen molar-refractivity contribution in [3.05, 3.63) is 90.5 Å². The summed E-state index contributed by atoms with van der Waals surface area (Å²) in [5.74, 6) is -35.5. The molecule has 0 saturated heterocycles. The third-order valence-electron chi connectivity index (χ3n) is 8.00. The van der Waals surface area contributed by atoms with Gasteiger partial charge in [-0.05, 0) is 37.5 Å². The standard InChI is InChI=1S/2C18H16F8O8S/c1-10-4-6-12(7-5-10)33-14(28)16(17(22,23)24,34-13(27)11(2)19)32-9-3-8-15(20,21)18(25,26)35(29,30)31;1-11(19)13(27)34-16(17(22,23)24,14(28)32-10-12-6-3-2-4-7-12)33-9-5-8-15(20,21)18(25,26)35(29,30)31/h4-7H,2-3,8-9H2,1H3,(H,29,30,31);2-4,6-7H,1,5,8-10H2,(H,29,30,31)/p-2. The summed E-state index contributed by atoms with van der Waals surface area (Å²) < 4.78 is 302. The van der Waals surface area contributed by atoms with Gasteiger partial charge in [0.05, 0.1) is 13.2 Å². The lowest BCUT2D eigenvalue weighted by atomic mass is 10.2. The molecule has 0 spiro atoms. The summed E-state index contributed by atoms with van der Waals surface area (Å²) in [6, 6.07) is 11.5. The topological polar surface area (TPSA) is 238 Å². The number of benzene rings is 2. The highest BCUT2D eigenvalue weighted by molar-refractivity contribution is 7.87. The molecule has 0 amide bonds. The Morgan fingerprint density at radius 3 is 1.26 bits per heavy atom. The van der Waals surface area contributed by atoms with Gasteiger partial charge >= 0.3 is 70.2 Å². The third kappa shape index (κ3) is 15.5. The first-order valence-corrected chi connectivity index (χ1v) is 20.8. The second-order valence-electron chi connectivity index (χ2n) is 13.3.